The van der Waals surface area contributed by atoms with Crippen LogP contribution in [-0.4, -0.2) is 51.9 Å². The van der Waals surface area contributed by atoms with E-state index in [2.05, 4.69) is 19.9 Å². The van der Waals surface area contributed by atoms with Crippen LogP contribution in [0.25, 0.3) is 0 Å². The van der Waals surface area contributed by atoms with Gasteiger partial charge in [0.2, 0.25) is 5.95 Å². The van der Waals surface area contributed by atoms with E-state index in [9.17, 15) is 9.18 Å². The van der Waals surface area contributed by atoms with Crippen molar-refractivity contribution in [1.82, 2.24) is 19.9 Å². The molecular weight excluding hydrogens is 321 g/mol. The standard InChI is InChI=1S/C18H20FN5O/c19-15-10-21-17(22-11-15)24-7-2-4-18(13-24)5-8-23(12-18)16(25)14-3-1-6-20-9-14/h1,3,6,9-11H,2,4-5,7-8,12-13H2/t18-/m1/s1. The second kappa shape index (κ2) is 6.38. The highest BCUT2D eigenvalue weighted by Gasteiger charge is 2.43. The fourth-order valence-electron chi connectivity index (χ4n) is 3.96. The average Bonchev–Trinajstić information content (AvgIpc) is 3.05. The van der Waals surface area contributed by atoms with Crippen LogP contribution in [-0.2, 0) is 0 Å². The molecule has 2 fully saturated rings. The van der Waals surface area contributed by atoms with Gasteiger partial charge in [0.1, 0.15) is 0 Å². The van der Waals surface area contributed by atoms with Crippen LogP contribution in [0.2, 0.25) is 0 Å². The lowest BCUT2D eigenvalue weighted by Gasteiger charge is -2.40. The molecule has 0 aromatic carbocycles. The number of halogens is 1. The zero-order valence-corrected chi connectivity index (χ0v) is 13.9. The number of carbonyl (C=O) groups is 1. The Bertz CT molecular complexity index is 754. The van der Waals surface area contributed by atoms with Crippen LogP contribution in [0, 0.1) is 11.2 Å². The van der Waals surface area contributed by atoms with Crippen molar-refractivity contribution in [2.24, 2.45) is 5.41 Å². The molecule has 130 valence electrons. The normalized spacial score (nSPS) is 23.2. The molecule has 2 aliphatic rings. The summed E-state index contributed by atoms with van der Waals surface area (Å²) >= 11 is 0. The van der Waals surface area contributed by atoms with Gasteiger partial charge in [-0.1, -0.05) is 0 Å². The molecule has 25 heavy (non-hydrogen) atoms. The fourth-order valence-corrected chi connectivity index (χ4v) is 3.96. The highest BCUT2D eigenvalue weighted by atomic mass is 19.1. The molecule has 4 heterocycles. The van der Waals surface area contributed by atoms with Crippen molar-refractivity contribution in [3.8, 4) is 0 Å². The van der Waals surface area contributed by atoms with Crippen LogP contribution in [0.15, 0.2) is 36.9 Å². The number of carbonyl (C=O) groups excluding carboxylic acids is 1. The summed E-state index contributed by atoms with van der Waals surface area (Å²) in [5.74, 6) is 0.183. The molecule has 0 saturated carbocycles. The third kappa shape index (κ3) is 3.18. The Hall–Kier alpha value is -2.57. The van der Waals surface area contributed by atoms with E-state index in [1.807, 2.05) is 4.90 Å². The maximum Gasteiger partial charge on any atom is 0.255 e. The van der Waals surface area contributed by atoms with Crippen LogP contribution in [0.3, 0.4) is 0 Å². The maximum absolute atomic E-state index is 13.1. The van der Waals surface area contributed by atoms with Crippen molar-refractivity contribution in [1.29, 1.82) is 0 Å². The van der Waals surface area contributed by atoms with Gasteiger partial charge in [0.25, 0.3) is 5.91 Å². The summed E-state index contributed by atoms with van der Waals surface area (Å²) in [5.41, 5.74) is 0.697. The highest BCUT2D eigenvalue weighted by Crippen LogP contribution is 2.40. The number of rotatable bonds is 2. The number of nitrogens with zero attached hydrogens (tertiary/aromatic N) is 5. The zero-order chi connectivity index (χ0) is 17.3. The Morgan fingerprint density at radius 1 is 1.12 bits per heavy atom. The summed E-state index contributed by atoms with van der Waals surface area (Å²) in [4.78, 5) is 29.0. The molecule has 7 heteroatoms. The lowest BCUT2D eigenvalue weighted by Crippen LogP contribution is -2.46. The van der Waals surface area contributed by atoms with Crippen LogP contribution < -0.4 is 4.90 Å². The van der Waals surface area contributed by atoms with Gasteiger partial charge in [-0.2, -0.15) is 0 Å². The van der Waals surface area contributed by atoms with E-state index in [-0.39, 0.29) is 11.3 Å². The van der Waals surface area contributed by atoms with Gasteiger partial charge in [-0.3, -0.25) is 9.78 Å². The molecule has 0 radical (unpaired) electrons. The molecule has 2 aromatic heterocycles. The third-order valence-corrected chi connectivity index (χ3v) is 5.18. The lowest BCUT2D eigenvalue weighted by atomic mass is 9.79. The molecule has 2 saturated heterocycles. The summed E-state index contributed by atoms with van der Waals surface area (Å²) in [6, 6.07) is 3.59. The Morgan fingerprint density at radius 3 is 2.72 bits per heavy atom. The van der Waals surface area contributed by atoms with Gasteiger partial charge in [-0.15, -0.1) is 0 Å². The quantitative estimate of drug-likeness (QED) is 0.837. The van der Waals surface area contributed by atoms with Gasteiger partial charge in [0.15, 0.2) is 5.82 Å². The van der Waals surface area contributed by atoms with Crippen molar-refractivity contribution in [2.45, 2.75) is 19.3 Å². The summed E-state index contributed by atoms with van der Waals surface area (Å²) < 4.78 is 13.1. The molecule has 2 aromatic rings. The van der Waals surface area contributed by atoms with Gasteiger partial charge >= 0.3 is 0 Å². The van der Waals surface area contributed by atoms with E-state index in [1.165, 1.54) is 12.4 Å². The zero-order valence-electron chi connectivity index (χ0n) is 13.9. The molecule has 0 aliphatic carbocycles. The molecule has 1 spiro atoms. The monoisotopic (exact) mass is 341 g/mol. The van der Waals surface area contributed by atoms with Crippen molar-refractivity contribution in [3.63, 3.8) is 0 Å². The van der Waals surface area contributed by atoms with Crippen molar-refractivity contribution in [2.75, 3.05) is 31.1 Å². The molecule has 0 N–H and O–H groups in total. The molecule has 0 bridgehead atoms. The number of hydrogen-bond acceptors (Lipinski definition) is 5. The molecule has 6 nitrogen and oxygen atoms in total. The smallest absolute Gasteiger partial charge is 0.255 e. The van der Waals surface area contributed by atoms with Gasteiger partial charge in [0, 0.05) is 44.0 Å². The van der Waals surface area contributed by atoms with Gasteiger partial charge in [-0.05, 0) is 31.4 Å². The molecule has 1 atom stereocenters. The Labute approximate surface area is 145 Å². The first-order valence-electron chi connectivity index (χ1n) is 8.57. The van der Waals surface area contributed by atoms with Crippen molar-refractivity contribution >= 4 is 11.9 Å². The van der Waals surface area contributed by atoms with Gasteiger partial charge in [-0.25, -0.2) is 14.4 Å². The first-order chi connectivity index (χ1) is 12.2. The second-order valence-corrected chi connectivity index (χ2v) is 6.94. The SMILES string of the molecule is O=C(c1cccnc1)N1CC[C@]2(CCCN(c3ncc(F)cn3)C2)C1. The number of pyridine rings is 1. The number of aromatic nitrogens is 3. The van der Waals surface area contributed by atoms with Crippen LogP contribution in [0.4, 0.5) is 10.3 Å². The predicted molar refractivity (Wildman–Crippen MR) is 90.6 cm³/mol. The van der Waals surface area contributed by atoms with Crippen molar-refractivity contribution in [3.05, 3.63) is 48.3 Å². The molecule has 2 aliphatic heterocycles. The summed E-state index contributed by atoms with van der Waals surface area (Å²) in [5, 5.41) is 0. The summed E-state index contributed by atoms with van der Waals surface area (Å²) in [6.45, 7) is 3.16. The first kappa shape index (κ1) is 15.9. The molecule has 1 amide bonds. The topological polar surface area (TPSA) is 62.2 Å². The molecule has 4 rings (SSSR count). The van der Waals surface area contributed by atoms with E-state index in [0.717, 1.165) is 45.4 Å². The third-order valence-electron chi connectivity index (χ3n) is 5.18. The van der Waals surface area contributed by atoms with E-state index >= 15 is 0 Å². The minimum atomic E-state index is -0.426. The Balaban J connectivity index is 1.47. The fraction of sp³-hybridized carbons (Fsp3) is 0.444. The van der Waals surface area contributed by atoms with Crippen LogP contribution in [0.5, 0.6) is 0 Å². The Morgan fingerprint density at radius 2 is 1.96 bits per heavy atom. The minimum absolute atomic E-state index is 0.0418. The van der Waals surface area contributed by atoms with Gasteiger partial charge in [0.05, 0.1) is 18.0 Å². The second-order valence-electron chi connectivity index (χ2n) is 6.94. The average molecular weight is 341 g/mol. The van der Waals surface area contributed by atoms with E-state index in [0.29, 0.717) is 11.5 Å². The number of amides is 1. The number of anilines is 1. The number of piperidine rings is 1. The summed E-state index contributed by atoms with van der Waals surface area (Å²) in [7, 11) is 0. The molecule has 0 unspecified atom stereocenters. The first-order valence-corrected chi connectivity index (χ1v) is 8.57. The minimum Gasteiger partial charge on any atom is -0.340 e. The maximum atomic E-state index is 13.1. The number of likely N-dealkylation sites (tertiary alicyclic amines) is 1. The van der Waals surface area contributed by atoms with Crippen LogP contribution in [0.1, 0.15) is 29.6 Å². The molecular formula is C18H20FN5O. The van der Waals surface area contributed by atoms with E-state index in [4.69, 9.17) is 0 Å². The van der Waals surface area contributed by atoms with E-state index < -0.39 is 5.82 Å². The lowest BCUT2D eigenvalue weighted by molar-refractivity contribution is 0.0767. The van der Waals surface area contributed by atoms with E-state index in [1.54, 1.807) is 24.5 Å². The van der Waals surface area contributed by atoms with Crippen LogP contribution >= 0.6 is 0 Å². The largest absolute Gasteiger partial charge is 0.340 e. The number of hydrogen-bond donors (Lipinski definition) is 0. The van der Waals surface area contributed by atoms with Crippen molar-refractivity contribution < 1.29 is 9.18 Å². The predicted octanol–water partition coefficient (Wildman–Crippen LogP) is 2.14. The summed E-state index contributed by atoms with van der Waals surface area (Å²) in [6.07, 6.45) is 8.78. The van der Waals surface area contributed by atoms with Gasteiger partial charge < -0.3 is 9.80 Å². The Kier molecular flexibility index (Phi) is 4.07. The highest BCUT2D eigenvalue weighted by molar-refractivity contribution is 5.94.